The fraction of sp³-hybridized carbons (Fsp3) is 0.267. The number of ketones is 1. The van der Waals surface area contributed by atoms with Crippen molar-refractivity contribution in [1.82, 2.24) is 0 Å². The number of benzene rings is 3. The maximum absolute atomic E-state index is 13.6. The molecule has 1 unspecified atom stereocenters. The molecule has 1 N–H and O–H groups in total. The second-order valence-corrected chi connectivity index (χ2v) is 8.97. The summed E-state index contributed by atoms with van der Waals surface area (Å²) in [5, 5.41) is 11.6. The number of rotatable bonds is 7. The van der Waals surface area contributed by atoms with Crippen molar-refractivity contribution in [3.05, 3.63) is 88.0 Å². The summed E-state index contributed by atoms with van der Waals surface area (Å²) in [4.78, 5) is 28.5. The highest BCUT2D eigenvalue weighted by molar-refractivity contribution is 6.51. The van der Waals surface area contributed by atoms with Gasteiger partial charge in [-0.2, -0.15) is 0 Å². The number of hydrogen-bond acceptors (Lipinski definition) is 6. The number of aliphatic hydroxyl groups is 1. The van der Waals surface area contributed by atoms with E-state index in [1.54, 1.807) is 24.3 Å². The van der Waals surface area contributed by atoms with Gasteiger partial charge in [0.2, 0.25) is 0 Å². The van der Waals surface area contributed by atoms with Gasteiger partial charge in [-0.25, -0.2) is 0 Å². The maximum Gasteiger partial charge on any atom is 0.300 e. The Hall–Kier alpha value is -4.26. The number of amides is 1. The Balaban J connectivity index is 2.00. The van der Waals surface area contributed by atoms with Crippen molar-refractivity contribution >= 4 is 23.1 Å². The van der Waals surface area contributed by atoms with E-state index in [0.29, 0.717) is 34.1 Å². The molecule has 4 rings (SSSR count). The highest BCUT2D eigenvalue weighted by atomic mass is 16.5. The molecular formula is C30H31NO6. The molecule has 3 aromatic carbocycles. The van der Waals surface area contributed by atoms with Crippen LogP contribution >= 0.6 is 0 Å². The first kappa shape index (κ1) is 25.8. The van der Waals surface area contributed by atoms with Gasteiger partial charge in [0.25, 0.3) is 11.7 Å². The Morgan fingerprint density at radius 2 is 1.57 bits per heavy atom. The number of Topliss-reactive ketones (excluding diaryl/α,β-unsaturated/α-hetero) is 1. The average Bonchev–Trinajstić information content (AvgIpc) is 3.17. The van der Waals surface area contributed by atoms with Gasteiger partial charge >= 0.3 is 0 Å². The maximum atomic E-state index is 13.6. The Morgan fingerprint density at radius 3 is 2.16 bits per heavy atom. The van der Waals surface area contributed by atoms with Crippen molar-refractivity contribution in [2.45, 2.75) is 33.2 Å². The molecule has 0 spiro atoms. The molecule has 37 heavy (non-hydrogen) atoms. The highest BCUT2D eigenvalue weighted by Crippen LogP contribution is 2.45. The van der Waals surface area contributed by atoms with E-state index in [1.165, 1.54) is 26.2 Å². The van der Waals surface area contributed by atoms with E-state index in [0.717, 1.165) is 23.1 Å². The summed E-state index contributed by atoms with van der Waals surface area (Å²) in [6.07, 6.45) is 0.843. The molecule has 1 amide bonds. The first-order chi connectivity index (χ1) is 17.7. The molecule has 1 atom stereocenters. The number of methoxy groups -OCH3 is 3. The first-order valence-electron chi connectivity index (χ1n) is 12.0. The third-order valence-electron chi connectivity index (χ3n) is 6.67. The molecule has 0 saturated carbocycles. The van der Waals surface area contributed by atoms with Gasteiger partial charge in [-0.3, -0.25) is 14.5 Å². The topological polar surface area (TPSA) is 85.3 Å². The molecule has 0 aromatic heterocycles. The molecule has 3 aromatic rings. The Kier molecular flexibility index (Phi) is 7.25. The van der Waals surface area contributed by atoms with Crippen LogP contribution in [0.2, 0.25) is 0 Å². The van der Waals surface area contributed by atoms with Gasteiger partial charge in [0.05, 0.1) is 38.5 Å². The first-order valence-corrected chi connectivity index (χ1v) is 12.0. The summed E-state index contributed by atoms with van der Waals surface area (Å²) in [5.41, 5.74) is 4.29. The molecule has 7 heteroatoms. The quantitative estimate of drug-likeness (QED) is 0.261. The number of carbonyl (C=O) groups excluding carboxylic acids is 2. The summed E-state index contributed by atoms with van der Waals surface area (Å²) < 4.78 is 16.4. The van der Waals surface area contributed by atoms with Crippen LogP contribution in [0.25, 0.3) is 5.76 Å². The fourth-order valence-corrected chi connectivity index (χ4v) is 4.87. The number of aliphatic hydroxyl groups excluding tert-OH is 1. The van der Waals surface area contributed by atoms with E-state index in [1.807, 2.05) is 44.2 Å². The highest BCUT2D eigenvalue weighted by Gasteiger charge is 2.47. The molecule has 1 fully saturated rings. The predicted molar refractivity (Wildman–Crippen MR) is 143 cm³/mol. The minimum Gasteiger partial charge on any atom is -0.507 e. The number of carbonyl (C=O) groups is 2. The van der Waals surface area contributed by atoms with Gasteiger partial charge in [0.1, 0.15) is 11.5 Å². The van der Waals surface area contributed by atoms with Crippen molar-refractivity contribution < 1.29 is 28.9 Å². The number of anilines is 1. The van der Waals surface area contributed by atoms with Crippen LogP contribution in [0.4, 0.5) is 5.69 Å². The molecule has 7 nitrogen and oxygen atoms in total. The lowest BCUT2D eigenvalue weighted by Gasteiger charge is -2.26. The minimum atomic E-state index is -0.866. The molecule has 1 saturated heterocycles. The van der Waals surface area contributed by atoms with Crippen LogP contribution < -0.4 is 19.1 Å². The van der Waals surface area contributed by atoms with E-state index >= 15 is 0 Å². The summed E-state index contributed by atoms with van der Waals surface area (Å²) in [6, 6.07) is 15.5. The van der Waals surface area contributed by atoms with Crippen LogP contribution in [-0.4, -0.2) is 38.1 Å². The zero-order valence-corrected chi connectivity index (χ0v) is 21.9. The summed E-state index contributed by atoms with van der Waals surface area (Å²) in [7, 11) is 4.54. The Morgan fingerprint density at radius 1 is 0.892 bits per heavy atom. The average molecular weight is 502 g/mol. The van der Waals surface area contributed by atoms with Gasteiger partial charge in [0, 0.05) is 11.8 Å². The minimum absolute atomic E-state index is 0.00710. The third-order valence-corrected chi connectivity index (χ3v) is 6.67. The van der Waals surface area contributed by atoms with Crippen LogP contribution in [0.15, 0.2) is 60.2 Å². The van der Waals surface area contributed by atoms with E-state index in [-0.39, 0.29) is 11.3 Å². The van der Waals surface area contributed by atoms with Crippen molar-refractivity contribution in [2.75, 3.05) is 26.2 Å². The normalized spacial score (nSPS) is 16.7. The monoisotopic (exact) mass is 501 g/mol. The SMILES string of the molecule is CCc1ccc(C2/C(=C(\O)c3cc(C)cc(C)c3OC)C(=O)C(=O)N2c2ccc(OC)c(OC)c2)cc1. The largest absolute Gasteiger partial charge is 0.507 e. The standard InChI is InChI=1S/C30H31NO6/c1-7-19-8-10-20(11-9-19)26-25(27(32)22-15-17(2)14-18(3)29(22)37-6)28(33)30(34)31(26)21-12-13-23(35-4)24(16-21)36-5/h8-16,26,32H,7H2,1-6H3/b27-25+. The molecule has 1 aliphatic heterocycles. The molecule has 1 heterocycles. The summed E-state index contributed by atoms with van der Waals surface area (Å²) >= 11 is 0. The Bertz CT molecular complexity index is 1390. The van der Waals surface area contributed by atoms with Gasteiger partial charge in [-0.1, -0.05) is 37.3 Å². The van der Waals surface area contributed by atoms with Crippen LogP contribution in [0, 0.1) is 13.8 Å². The number of hydrogen-bond donors (Lipinski definition) is 1. The number of nitrogens with zero attached hydrogens (tertiary/aromatic N) is 1. The van der Waals surface area contributed by atoms with Crippen LogP contribution in [0.3, 0.4) is 0 Å². The van der Waals surface area contributed by atoms with E-state index in [2.05, 4.69) is 6.92 Å². The summed E-state index contributed by atoms with van der Waals surface area (Å²) in [6.45, 7) is 5.81. The van der Waals surface area contributed by atoms with Gasteiger partial charge in [-0.15, -0.1) is 0 Å². The van der Waals surface area contributed by atoms with Crippen molar-refractivity contribution in [3.8, 4) is 17.2 Å². The van der Waals surface area contributed by atoms with E-state index in [4.69, 9.17) is 14.2 Å². The van der Waals surface area contributed by atoms with Gasteiger partial charge < -0.3 is 19.3 Å². The van der Waals surface area contributed by atoms with Crippen molar-refractivity contribution in [1.29, 1.82) is 0 Å². The van der Waals surface area contributed by atoms with E-state index < -0.39 is 17.7 Å². The van der Waals surface area contributed by atoms with E-state index in [9.17, 15) is 14.7 Å². The number of ether oxygens (including phenoxy) is 3. The summed E-state index contributed by atoms with van der Waals surface area (Å²) in [5.74, 6) is -0.459. The van der Waals surface area contributed by atoms with Gasteiger partial charge in [-0.05, 0) is 60.7 Å². The molecule has 0 radical (unpaired) electrons. The lowest BCUT2D eigenvalue weighted by molar-refractivity contribution is -0.132. The fourth-order valence-electron chi connectivity index (χ4n) is 4.87. The zero-order chi connectivity index (χ0) is 26.9. The smallest absolute Gasteiger partial charge is 0.300 e. The lowest BCUT2D eigenvalue weighted by atomic mass is 9.93. The Labute approximate surface area is 216 Å². The number of aryl methyl sites for hydroxylation is 3. The van der Waals surface area contributed by atoms with Crippen LogP contribution in [0.1, 0.15) is 40.8 Å². The lowest BCUT2D eigenvalue weighted by Crippen LogP contribution is -2.29. The molecular weight excluding hydrogens is 470 g/mol. The zero-order valence-electron chi connectivity index (χ0n) is 21.9. The van der Waals surface area contributed by atoms with Crippen molar-refractivity contribution in [3.63, 3.8) is 0 Å². The predicted octanol–water partition coefficient (Wildman–Crippen LogP) is 5.52. The third kappa shape index (κ3) is 4.53. The van der Waals surface area contributed by atoms with Crippen LogP contribution in [0.5, 0.6) is 17.2 Å². The molecule has 0 bridgehead atoms. The molecule has 0 aliphatic carbocycles. The molecule has 192 valence electrons. The second-order valence-electron chi connectivity index (χ2n) is 8.97. The van der Waals surface area contributed by atoms with Gasteiger partial charge in [0.15, 0.2) is 11.5 Å². The van der Waals surface area contributed by atoms with Crippen LogP contribution in [-0.2, 0) is 16.0 Å². The molecule has 1 aliphatic rings. The van der Waals surface area contributed by atoms with Crippen molar-refractivity contribution in [2.24, 2.45) is 0 Å². The second kappa shape index (κ2) is 10.4.